The summed E-state index contributed by atoms with van der Waals surface area (Å²) in [6.45, 7) is 2.07. The molecule has 4 aromatic rings. The number of nitrogens with one attached hydrogen (secondary N) is 2. The maximum atomic E-state index is 12.8. The number of sulfonamides is 1. The average molecular weight is 468 g/mol. The number of carbonyl (C=O) groups is 1. The SMILES string of the molecule is C[C@H](NC(=O)c1cccc(S(=O)(=O)NCc2cccs2)c1)c1ccc(-n2cncn2)cc1. The molecule has 0 radical (unpaired) electrons. The Bertz CT molecular complexity index is 1290. The van der Waals surface area contributed by atoms with E-state index in [0.29, 0.717) is 0 Å². The van der Waals surface area contributed by atoms with Crippen molar-refractivity contribution in [2.45, 2.75) is 24.4 Å². The standard InChI is InChI=1S/C22H21N5O3S2/c1-16(17-7-9-19(10-8-17)27-15-23-14-24-27)26-22(28)18-4-2-6-21(12-18)32(29,30)25-13-20-5-3-11-31-20/h2-12,14-16,25H,13H2,1H3,(H,26,28)/t16-/m0/s1. The van der Waals surface area contributed by atoms with Gasteiger partial charge in [0.1, 0.15) is 12.7 Å². The van der Waals surface area contributed by atoms with Crippen LogP contribution in [0.15, 0.2) is 83.6 Å². The van der Waals surface area contributed by atoms with Gasteiger partial charge in [-0.25, -0.2) is 22.8 Å². The summed E-state index contributed by atoms with van der Waals surface area (Å²) in [5.41, 5.74) is 2.04. The molecule has 1 atom stereocenters. The zero-order valence-corrected chi connectivity index (χ0v) is 18.8. The van der Waals surface area contributed by atoms with Crippen LogP contribution in [0.4, 0.5) is 0 Å². The van der Waals surface area contributed by atoms with Crippen LogP contribution in [0, 0.1) is 0 Å². The first-order valence-electron chi connectivity index (χ1n) is 9.80. The van der Waals surface area contributed by atoms with Crippen LogP contribution in [0.25, 0.3) is 5.69 Å². The van der Waals surface area contributed by atoms with Crippen molar-refractivity contribution in [1.82, 2.24) is 24.8 Å². The topological polar surface area (TPSA) is 106 Å². The summed E-state index contributed by atoms with van der Waals surface area (Å²) in [7, 11) is -3.74. The Hall–Kier alpha value is -3.34. The maximum absolute atomic E-state index is 12.8. The van der Waals surface area contributed by atoms with Gasteiger partial charge in [0.2, 0.25) is 10.0 Å². The highest BCUT2D eigenvalue weighted by molar-refractivity contribution is 7.89. The molecule has 2 heterocycles. The Morgan fingerprint density at radius 1 is 1.12 bits per heavy atom. The molecule has 0 unspecified atom stereocenters. The third-order valence-electron chi connectivity index (χ3n) is 4.85. The van der Waals surface area contributed by atoms with Crippen molar-refractivity contribution in [3.8, 4) is 5.69 Å². The summed E-state index contributed by atoms with van der Waals surface area (Å²) in [4.78, 5) is 17.6. The molecule has 0 aliphatic rings. The predicted octanol–water partition coefficient (Wildman–Crippen LogP) is 3.30. The fourth-order valence-corrected chi connectivity index (χ4v) is 4.88. The van der Waals surface area contributed by atoms with Gasteiger partial charge in [0.15, 0.2) is 0 Å². The van der Waals surface area contributed by atoms with Crippen LogP contribution in [0.5, 0.6) is 0 Å². The summed E-state index contributed by atoms with van der Waals surface area (Å²) in [6.07, 6.45) is 3.07. The normalized spacial score (nSPS) is 12.4. The van der Waals surface area contributed by atoms with Gasteiger partial charge in [-0.3, -0.25) is 4.79 Å². The third kappa shape index (κ3) is 5.10. The van der Waals surface area contributed by atoms with E-state index in [-0.39, 0.29) is 29.0 Å². The number of thiophene rings is 1. The second kappa shape index (κ2) is 9.43. The highest BCUT2D eigenvalue weighted by Crippen LogP contribution is 2.18. The van der Waals surface area contributed by atoms with Crippen LogP contribution in [0.1, 0.15) is 33.8 Å². The van der Waals surface area contributed by atoms with Crippen LogP contribution in [0.2, 0.25) is 0 Å². The molecule has 32 heavy (non-hydrogen) atoms. The van der Waals surface area contributed by atoms with Gasteiger partial charge in [-0.1, -0.05) is 24.3 Å². The minimum atomic E-state index is -3.74. The molecule has 0 aliphatic carbocycles. The van der Waals surface area contributed by atoms with Crippen LogP contribution in [-0.4, -0.2) is 29.1 Å². The molecule has 2 aromatic carbocycles. The zero-order valence-electron chi connectivity index (χ0n) is 17.2. The molecule has 2 N–H and O–H groups in total. The second-order valence-electron chi connectivity index (χ2n) is 7.06. The van der Waals surface area contributed by atoms with E-state index in [2.05, 4.69) is 20.1 Å². The highest BCUT2D eigenvalue weighted by Gasteiger charge is 2.18. The van der Waals surface area contributed by atoms with Crippen molar-refractivity contribution in [2.24, 2.45) is 0 Å². The smallest absolute Gasteiger partial charge is 0.251 e. The van der Waals surface area contributed by atoms with Crippen molar-refractivity contribution in [3.63, 3.8) is 0 Å². The van der Waals surface area contributed by atoms with E-state index in [1.807, 2.05) is 48.7 Å². The van der Waals surface area contributed by atoms with Crippen LogP contribution in [-0.2, 0) is 16.6 Å². The zero-order chi connectivity index (χ0) is 22.6. The van der Waals surface area contributed by atoms with Crippen molar-refractivity contribution in [1.29, 1.82) is 0 Å². The highest BCUT2D eigenvalue weighted by atomic mass is 32.2. The third-order valence-corrected chi connectivity index (χ3v) is 7.12. The number of hydrogen-bond acceptors (Lipinski definition) is 6. The van der Waals surface area contributed by atoms with Gasteiger partial charge >= 0.3 is 0 Å². The van der Waals surface area contributed by atoms with E-state index < -0.39 is 10.0 Å². The Morgan fingerprint density at radius 3 is 2.62 bits per heavy atom. The van der Waals surface area contributed by atoms with Crippen LogP contribution in [0.3, 0.4) is 0 Å². The van der Waals surface area contributed by atoms with Gasteiger partial charge in [0.25, 0.3) is 5.91 Å². The largest absolute Gasteiger partial charge is 0.346 e. The molecule has 0 spiro atoms. The predicted molar refractivity (Wildman–Crippen MR) is 122 cm³/mol. The number of amides is 1. The van der Waals surface area contributed by atoms with E-state index >= 15 is 0 Å². The van der Waals surface area contributed by atoms with Crippen molar-refractivity contribution < 1.29 is 13.2 Å². The molecule has 1 amide bonds. The lowest BCUT2D eigenvalue weighted by molar-refractivity contribution is 0.0939. The van der Waals surface area contributed by atoms with E-state index in [4.69, 9.17) is 0 Å². The van der Waals surface area contributed by atoms with Crippen LogP contribution < -0.4 is 10.0 Å². The summed E-state index contributed by atoms with van der Waals surface area (Å²) < 4.78 is 29.5. The molecule has 2 aromatic heterocycles. The molecule has 0 aliphatic heterocycles. The number of carbonyl (C=O) groups excluding carboxylic acids is 1. The summed E-state index contributed by atoms with van der Waals surface area (Å²) in [6, 6.07) is 17.0. The Morgan fingerprint density at radius 2 is 1.94 bits per heavy atom. The maximum Gasteiger partial charge on any atom is 0.251 e. The lowest BCUT2D eigenvalue weighted by Gasteiger charge is -2.15. The summed E-state index contributed by atoms with van der Waals surface area (Å²) in [5.74, 6) is -0.354. The molecule has 0 bridgehead atoms. The lowest BCUT2D eigenvalue weighted by Crippen LogP contribution is -2.27. The van der Waals surface area contributed by atoms with Gasteiger partial charge in [0.05, 0.1) is 16.6 Å². The molecule has 0 saturated carbocycles. The van der Waals surface area contributed by atoms with E-state index in [1.165, 1.54) is 29.8 Å². The van der Waals surface area contributed by atoms with Gasteiger partial charge < -0.3 is 5.32 Å². The molecular formula is C22H21N5O3S2. The average Bonchev–Trinajstić information content (AvgIpc) is 3.52. The van der Waals surface area contributed by atoms with E-state index in [9.17, 15) is 13.2 Å². The molecule has 0 saturated heterocycles. The number of aromatic nitrogens is 3. The van der Waals surface area contributed by atoms with Crippen molar-refractivity contribution in [2.75, 3.05) is 0 Å². The number of rotatable bonds is 8. The molecule has 0 fully saturated rings. The van der Waals surface area contributed by atoms with Crippen LogP contribution >= 0.6 is 11.3 Å². The van der Waals surface area contributed by atoms with Gasteiger partial charge in [0, 0.05) is 17.0 Å². The van der Waals surface area contributed by atoms with Gasteiger partial charge in [-0.2, -0.15) is 5.10 Å². The van der Waals surface area contributed by atoms with Gasteiger partial charge in [-0.05, 0) is 54.3 Å². The van der Waals surface area contributed by atoms with E-state index in [0.717, 1.165) is 16.1 Å². The molecule has 10 heteroatoms. The second-order valence-corrected chi connectivity index (χ2v) is 9.86. The minimum absolute atomic E-state index is 0.0477. The molecule has 8 nitrogen and oxygen atoms in total. The monoisotopic (exact) mass is 467 g/mol. The Balaban J connectivity index is 1.43. The fraction of sp³-hybridized carbons (Fsp3) is 0.136. The lowest BCUT2D eigenvalue weighted by atomic mass is 10.1. The number of benzene rings is 2. The molecular weight excluding hydrogens is 446 g/mol. The van der Waals surface area contributed by atoms with Crippen molar-refractivity contribution in [3.05, 3.63) is 94.7 Å². The molecule has 164 valence electrons. The minimum Gasteiger partial charge on any atom is -0.346 e. The number of nitrogens with zero attached hydrogens (tertiary/aromatic N) is 3. The summed E-state index contributed by atoms with van der Waals surface area (Å²) >= 11 is 1.47. The van der Waals surface area contributed by atoms with Crippen molar-refractivity contribution >= 4 is 27.3 Å². The first kappa shape index (κ1) is 21.9. The number of hydrogen-bond donors (Lipinski definition) is 2. The summed E-state index contributed by atoms with van der Waals surface area (Å²) in [5, 5.41) is 8.89. The fourth-order valence-electron chi connectivity index (χ4n) is 3.09. The Kier molecular flexibility index (Phi) is 6.45. The quantitative estimate of drug-likeness (QED) is 0.414. The van der Waals surface area contributed by atoms with E-state index in [1.54, 1.807) is 23.1 Å². The molecule has 4 rings (SSSR count). The first-order chi connectivity index (χ1) is 15.4. The van der Waals surface area contributed by atoms with Gasteiger partial charge in [-0.15, -0.1) is 11.3 Å². The first-order valence-corrected chi connectivity index (χ1v) is 12.2. The Labute approximate surface area is 190 Å².